The van der Waals surface area contributed by atoms with Crippen LogP contribution in [0.1, 0.15) is 30.6 Å². The summed E-state index contributed by atoms with van der Waals surface area (Å²) >= 11 is 7.14. The average molecular weight is 418 g/mol. The molecule has 0 radical (unpaired) electrons. The predicted molar refractivity (Wildman–Crippen MR) is 90.1 cm³/mol. The van der Waals surface area contributed by atoms with E-state index in [9.17, 15) is 0 Å². The minimum Gasteiger partial charge on any atom is -0.497 e. The molecule has 0 bridgehead atoms. The van der Waals surface area contributed by atoms with Gasteiger partial charge in [-0.05, 0) is 46.1 Å². The van der Waals surface area contributed by atoms with Crippen LogP contribution in [0.4, 0.5) is 0 Å². The summed E-state index contributed by atoms with van der Waals surface area (Å²) < 4.78 is 9.15. The lowest BCUT2D eigenvalue weighted by Crippen LogP contribution is -2.31. The number of halogens is 2. The van der Waals surface area contributed by atoms with Gasteiger partial charge in [0.05, 0.1) is 29.5 Å². The van der Waals surface area contributed by atoms with Crippen LogP contribution in [0.25, 0.3) is 0 Å². The molecule has 1 unspecified atom stereocenters. The van der Waals surface area contributed by atoms with Crippen molar-refractivity contribution in [3.8, 4) is 5.75 Å². The molecule has 2 aromatic rings. The summed E-state index contributed by atoms with van der Waals surface area (Å²) in [6, 6.07) is 5.62. The van der Waals surface area contributed by atoms with Crippen molar-refractivity contribution >= 4 is 31.9 Å². The van der Waals surface area contributed by atoms with E-state index in [1.807, 2.05) is 22.9 Å². The van der Waals surface area contributed by atoms with E-state index in [0.29, 0.717) is 0 Å². The maximum absolute atomic E-state index is 5.82. The van der Waals surface area contributed by atoms with Gasteiger partial charge < -0.3 is 4.74 Å². The van der Waals surface area contributed by atoms with Crippen LogP contribution < -0.4 is 16.0 Å². The first-order valence-electron chi connectivity index (χ1n) is 6.63. The number of aryl methyl sites for hydroxylation is 1. The molecule has 0 saturated heterocycles. The van der Waals surface area contributed by atoms with Gasteiger partial charge in [-0.15, -0.1) is 0 Å². The molecule has 1 aromatic carbocycles. The highest BCUT2D eigenvalue weighted by Gasteiger charge is 2.23. The monoisotopic (exact) mass is 416 g/mol. The number of nitrogens with two attached hydrogens (primary N) is 1. The van der Waals surface area contributed by atoms with Crippen LogP contribution >= 0.6 is 31.9 Å². The zero-order valence-corrected chi connectivity index (χ0v) is 15.1. The Labute approximate surface area is 141 Å². The Bertz CT molecular complexity index is 615. The van der Waals surface area contributed by atoms with Crippen LogP contribution in [-0.2, 0) is 6.54 Å². The highest BCUT2D eigenvalue weighted by molar-refractivity contribution is 9.10. The first-order chi connectivity index (χ1) is 10.1. The lowest BCUT2D eigenvalue weighted by atomic mass is 10.0. The molecule has 5 nitrogen and oxygen atoms in total. The minimum atomic E-state index is -0.196. The van der Waals surface area contributed by atoms with Gasteiger partial charge in [0.1, 0.15) is 5.75 Å². The Balaban J connectivity index is 2.51. The number of rotatable bonds is 6. The van der Waals surface area contributed by atoms with Crippen LogP contribution in [0, 0.1) is 0 Å². The Morgan fingerprint density at radius 1 is 1.38 bits per heavy atom. The molecule has 0 spiro atoms. The highest BCUT2D eigenvalue weighted by Crippen LogP contribution is 2.34. The van der Waals surface area contributed by atoms with E-state index in [2.05, 4.69) is 49.3 Å². The molecule has 0 amide bonds. The van der Waals surface area contributed by atoms with Crippen molar-refractivity contribution in [2.24, 2.45) is 5.84 Å². The third-order valence-corrected chi connectivity index (χ3v) is 4.56. The molecule has 7 heteroatoms. The van der Waals surface area contributed by atoms with Gasteiger partial charge in [-0.3, -0.25) is 10.5 Å². The van der Waals surface area contributed by atoms with E-state index in [1.165, 1.54) is 0 Å². The molecule has 0 saturated carbocycles. The van der Waals surface area contributed by atoms with Crippen LogP contribution in [-0.4, -0.2) is 16.9 Å². The lowest BCUT2D eigenvalue weighted by Gasteiger charge is -2.20. The molecule has 114 valence electrons. The van der Waals surface area contributed by atoms with Gasteiger partial charge in [-0.2, -0.15) is 5.10 Å². The standard InChI is InChI=1S/C14H18Br2N4O/c1-3-6-20-14(12(16)8-18-20)13(19-17)10-7-9(21-2)4-5-11(10)15/h4-5,7-8,13,19H,3,6,17H2,1-2H3. The second-order valence-electron chi connectivity index (χ2n) is 4.59. The number of ether oxygens (including phenoxy) is 1. The first kappa shape index (κ1) is 16.5. The van der Waals surface area contributed by atoms with Gasteiger partial charge in [0.2, 0.25) is 0 Å². The van der Waals surface area contributed by atoms with Crippen LogP contribution in [0.3, 0.4) is 0 Å². The number of methoxy groups -OCH3 is 1. The number of hydrogen-bond donors (Lipinski definition) is 2. The van der Waals surface area contributed by atoms with Gasteiger partial charge in [0.25, 0.3) is 0 Å². The second kappa shape index (κ2) is 7.40. The maximum Gasteiger partial charge on any atom is 0.119 e. The molecular weight excluding hydrogens is 400 g/mol. The molecule has 0 aliphatic carbocycles. The number of hydrogen-bond acceptors (Lipinski definition) is 4. The molecule has 2 rings (SSSR count). The van der Waals surface area contributed by atoms with Gasteiger partial charge >= 0.3 is 0 Å². The fraction of sp³-hybridized carbons (Fsp3) is 0.357. The van der Waals surface area contributed by atoms with Crippen LogP contribution in [0.15, 0.2) is 33.3 Å². The fourth-order valence-electron chi connectivity index (χ4n) is 2.23. The molecule has 1 atom stereocenters. The normalized spacial score (nSPS) is 12.4. The van der Waals surface area contributed by atoms with Crippen LogP contribution in [0.2, 0.25) is 0 Å². The third-order valence-electron chi connectivity index (χ3n) is 3.22. The number of benzene rings is 1. The minimum absolute atomic E-state index is 0.196. The van der Waals surface area contributed by atoms with E-state index < -0.39 is 0 Å². The fourth-order valence-corrected chi connectivity index (χ4v) is 3.24. The number of aromatic nitrogens is 2. The zero-order valence-electron chi connectivity index (χ0n) is 11.9. The Hall–Kier alpha value is -0.890. The molecule has 0 aliphatic heterocycles. The Kier molecular flexibility index (Phi) is 5.80. The quantitative estimate of drug-likeness (QED) is 0.558. The summed E-state index contributed by atoms with van der Waals surface area (Å²) in [5.41, 5.74) is 4.87. The van der Waals surface area contributed by atoms with Gasteiger partial charge in [0, 0.05) is 11.0 Å². The SMILES string of the molecule is CCCn1ncc(Br)c1C(NN)c1cc(OC)ccc1Br. The van der Waals surface area contributed by atoms with E-state index in [4.69, 9.17) is 10.6 Å². The third kappa shape index (κ3) is 3.48. The number of nitrogens with zero attached hydrogens (tertiary/aromatic N) is 2. The van der Waals surface area contributed by atoms with Crippen LogP contribution in [0.5, 0.6) is 5.75 Å². The van der Waals surface area contributed by atoms with E-state index in [0.717, 1.165) is 38.9 Å². The largest absolute Gasteiger partial charge is 0.497 e. The molecule has 0 fully saturated rings. The molecule has 21 heavy (non-hydrogen) atoms. The summed E-state index contributed by atoms with van der Waals surface area (Å²) in [5.74, 6) is 6.60. The topological polar surface area (TPSA) is 65.1 Å². The Morgan fingerprint density at radius 3 is 2.76 bits per heavy atom. The highest BCUT2D eigenvalue weighted by atomic mass is 79.9. The second-order valence-corrected chi connectivity index (χ2v) is 6.30. The molecule has 0 aliphatic rings. The van der Waals surface area contributed by atoms with Crippen molar-refractivity contribution in [3.05, 3.63) is 44.6 Å². The average Bonchev–Trinajstić information content (AvgIpc) is 2.84. The van der Waals surface area contributed by atoms with Crippen molar-refractivity contribution in [1.82, 2.24) is 15.2 Å². The van der Waals surface area contributed by atoms with Crippen molar-refractivity contribution in [2.75, 3.05) is 7.11 Å². The van der Waals surface area contributed by atoms with Crippen molar-refractivity contribution in [3.63, 3.8) is 0 Å². The van der Waals surface area contributed by atoms with Gasteiger partial charge in [0.15, 0.2) is 0 Å². The molecule has 3 N–H and O–H groups in total. The summed E-state index contributed by atoms with van der Waals surface area (Å²) in [6.45, 7) is 2.95. The van der Waals surface area contributed by atoms with Crippen molar-refractivity contribution in [2.45, 2.75) is 25.9 Å². The zero-order chi connectivity index (χ0) is 15.4. The number of hydrazine groups is 1. The van der Waals surface area contributed by atoms with Crippen molar-refractivity contribution < 1.29 is 4.74 Å². The summed E-state index contributed by atoms with van der Waals surface area (Å²) in [4.78, 5) is 0. The van der Waals surface area contributed by atoms with E-state index >= 15 is 0 Å². The summed E-state index contributed by atoms with van der Waals surface area (Å²) in [5, 5.41) is 4.40. The van der Waals surface area contributed by atoms with Crippen molar-refractivity contribution in [1.29, 1.82) is 0 Å². The Morgan fingerprint density at radius 2 is 2.14 bits per heavy atom. The predicted octanol–water partition coefficient (Wildman–Crippen LogP) is 3.38. The molecule has 1 heterocycles. The van der Waals surface area contributed by atoms with E-state index in [1.54, 1.807) is 13.3 Å². The lowest BCUT2D eigenvalue weighted by molar-refractivity contribution is 0.413. The van der Waals surface area contributed by atoms with Gasteiger partial charge in [-0.25, -0.2) is 5.43 Å². The summed E-state index contributed by atoms with van der Waals surface area (Å²) in [7, 11) is 1.65. The van der Waals surface area contributed by atoms with E-state index in [-0.39, 0.29) is 6.04 Å². The maximum atomic E-state index is 5.82. The van der Waals surface area contributed by atoms with Gasteiger partial charge in [-0.1, -0.05) is 22.9 Å². The molecular formula is C14H18Br2N4O. The molecule has 1 aromatic heterocycles. The first-order valence-corrected chi connectivity index (χ1v) is 8.21. The smallest absolute Gasteiger partial charge is 0.119 e. The number of nitrogens with one attached hydrogen (secondary N) is 1. The summed E-state index contributed by atoms with van der Waals surface area (Å²) in [6.07, 6.45) is 2.79.